The third-order valence-corrected chi connectivity index (χ3v) is 4.74. The summed E-state index contributed by atoms with van der Waals surface area (Å²) in [6.07, 6.45) is 1.86. The van der Waals surface area contributed by atoms with Crippen LogP contribution in [0.25, 0.3) is 0 Å². The first-order valence-electron chi connectivity index (χ1n) is 7.04. The number of aromatic nitrogens is 1. The number of carbonyl (C=O) groups is 1. The van der Waals surface area contributed by atoms with Crippen LogP contribution in [0.5, 0.6) is 0 Å². The van der Waals surface area contributed by atoms with Crippen molar-refractivity contribution in [1.82, 2.24) is 20.1 Å². The Balaban J connectivity index is 2.00. The van der Waals surface area contributed by atoms with Gasteiger partial charge < -0.3 is 10.2 Å². The molecule has 1 fully saturated rings. The summed E-state index contributed by atoms with van der Waals surface area (Å²) in [7, 11) is 1.88. The van der Waals surface area contributed by atoms with Gasteiger partial charge in [-0.25, -0.2) is 4.98 Å². The maximum atomic E-state index is 12.7. The molecule has 0 unspecified atom stereocenters. The molecular weight excluding hydrogens is 272 g/mol. The maximum Gasteiger partial charge on any atom is 0.242 e. The molecule has 0 saturated carbocycles. The third kappa shape index (κ3) is 3.37. The minimum Gasteiger partial charge on any atom is -0.339 e. The molecule has 0 atom stereocenters. The molecule has 1 N–H and O–H groups in total. The number of hydrogen-bond acceptors (Lipinski definition) is 5. The van der Waals surface area contributed by atoms with Crippen LogP contribution in [0.4, 0.5) is 0 Å². The highest BCUT2D eigenvalue weighted by Gasteiger charge is 2.37. The first-order chi connectivity index (χ1) is 9.41. The van der Waals surface area contributed by atoms with Gasteiger partial charge in [-0.2, -0.15) is 0 Å². The van der Waals surface area contributed by atoms with Crippen molar-refractivity contribution in [3.05, 3.63) is 16.1 Å². The van der Waals surface area contributed by atoms with Crippen molar-refractivity contribution < 1.29 is 4.79 Å². The lowest BCUT2D eigenvalue weighted by molar-refractivity contribution is -0.142. The van der Waals surface area contributed by atoms with Gasteiger partial charge >= 0.3 is 0 Å². The van der Waals surface area contributed by atoms with E-state index < -0.39 is 5.54 Å². The zero-order chi connectivity index (χ0) is 14.8. The smallest absolute Gasteiger partial charge is 0.242 e. The fourth-order valence-electron chi connectivity index (χ4n) is 2.61. The minimum atomic E-state index is -0.448. The molecule has 0 radical (unpaired) electrons. The zero-order valence-corrected chi connectivity index (χ0v) is 13.6. The average molecular weight is 296 g/mol. The van der Waals surface area contributed by atoms with Gasteiger partial charge in [-0.3, -0.25) is 9.69 Å². The lowest BCUT2D eigenvalue weighted by Crippen LogP contribution is -2.60. The molecule has 0 aromatic carbocycles. The third-order valence-electron chi connectivity index (χ3n) is 3.84. The van der Waals surface area contributed by atoms with E-state index in [1.807, 2.05) is 38.9 Å². The van der Waals surface area contributed by atoms with Crippen LogP contribution in [0.3, 0.4) is 0 Å². The number of nitrogens with zero attached hydrogens (tertiary/aromatic N) is 3. The Morgan fingerprint density at radius 3 is 2.70 bits per heavy atom. The van der Waals surface area contributed by atoms with E-state index in [1.165, 1.54) is 0 Å². The van der Waals surface area contributed by atoms with Gasteiger partial charge in [0, 0.05) is 44.3 Å². The van der Waals surface area contributed by atoms with Gasteiger partial charge in [0.1, 0.15) is 0 Å². The number of piperazine rings is 1. The molecule has 1 saturated heterocycles. The first-order valence-corrected chi connectivity index (χ1v) is 7.85. The molecule has 1 aromatic heterocycles. The van der Waals surface area contributed by atoms with E-state index in [0.29, 0.717) is 6.54 Å². The van der Waals surface area contributed by atoms with Crippen molar-refractivity contribution in [3.8, 4) is 0 Å². The van der Waals surface area contributed by atoms with Crippen molar-refractivity contribution >= 4 is 17.2 Å². The van der Waals surface area contributed by atoms with Gasteiger partial charge in [0.2, 0.25) is 5.91 Å². The number of likely N-dealkylation sites (N-methyl/N-ethyl adjacent to an activating group) is 1. The van der Waals surface area contributed by atoms with Crippen molar-refractivity contribution in [2.24, 2.45) is 0 Å². The molecule has 1 aromatic rings. The summed E-state index contributed by atoms with van der Waals surface area (Å²) in [6, 6.07) is 0. The SMILES string of the molecule is Cc1ncc(CN(C)C(=O)C(C)(C)N2CCNCC2)s1. The monoisotopic (exact) mass is 296 g/mol. The van der Waals surface area contributed by atoms with Crippen LogP contribution >= 0.6 is 11.3 Å². The van der Waals surface area contributed by atoms with Crippen LogP contribution in [-0.4, -0.2) is 59.5 Å². The van der Waals surface area contributed by atoms with E-state index >= 15 is 0 Å². The summed E-state index contributed by atoms with van der Waals surface area (Å²) in [6.45, 7) is 10.4. The van der Waals surface area contributed by atoms with Gasteiger partial charge in [-0.15, -0.1) is 11.3 Å². The van der Waals surface area contributed by atoms with Gasteiger partial charge in [-0.1, -0.05) is 0 Å². The van der Waals surface area contributed by atoms with Crippen LogP contribution in [0.15, 0.2) is 6.20 Å². The van der Waals surface area contributed by atoms with Crippen molar-refractivity contribution in [1.29, 1.82) is 0 Å². The molecule has 2 rings (SSSR count). The van der Waals surface area contributed by atoms with E-state index in [-0.39, 0.29) is 5.91 Å². The van der Waals surface area contributed by atoms with E-state index in [9.17, 15) is 4.79 Å². The highest BCUT2D eigenvalue weighted by atomic mass is 32.1. The van der Waals surface area contributed by atoms with Crippen molar-refractivity contribution in [3.63, 3.8) is 0 Å². The molecule has 0 aliphatic carbocycles. The zero-order valence-electron chi connectivity index (χ0n) is 12.8. The highest BCUT2D eigenvalue weighted by Crippen LogP contribution is 2.20. The van der Waals surface area contributed by atoms with Crippen LogP contribution in [0.2, 0.25) is 0 Å². The Labute approximate surface area is 125 Å². The minimum absolute atomic E-state index is 0.172. The predicted molar refractivity (Wildman–Crippen MR) is 81.8 cm³/mol. The number of rotatable bonds is 4. The highest BCUT2D eigenvalue weighted by molar-refractivity contribution is 7.11. The molecule has 0 spiro atoms. The molecule has 1 aliphatic rings. The summed E-state index contributed by atoms with van der Waals surface area (Å²) in [4.78, 5) is 22.2. The van der Waals surface area contributed by atoms with Crippen molar-refractivity contribution in [2.45, 2.75) is 32.9 Å². The van der Waals surface area contributed by atoms with Gasteiger partial charge in [-0.05, 0) is 20.8 Å². The second-order valence-corrected chi connectivity index (χ2v) is 7.12. The van der Waals surface area contributed by atoms with E-state index in [1.54, 1.807) is 11.3 Å². The largest absolute Gasteiger partial charge is 0.339 e. The Kier molecular flexibility index (Phi) is 4.78. The molecular formula is C14H24N4OS. The quantitative estimate of drug-likeness (QED) is 0.904. The maximum absolute atomic E-state index is 12.7. The number of thiazole rings is 1. The van der Waals surface area contributed by atoms with Crippen LogP contribution in [0.1, 0.15) is 23.7 Å². The molecule has 2 heterocycles. The number of amides is 1. The summed E-state index contributed by atoms with van der Waals surface area (Å²) in [5, 5.41) is 4.37. The van der Waals surface area contributed by atoms with Crippen LogP contribution in [0, 0.1) is 6.92 Å². The normalized spacial score (nSPS) is 17.2. The number of nitrogens with one attached hydrogen (secondary N) is 1. The predicted octanol–water partition coefficient (Wildman–Crippen LogP) is 1.09. The average Bonchev–Trinajstić information content (AvgIpc) is 2.84. The number of hydrogen-bond donors (Lipinski definition) is 1. The molecule has 6 heteroatoms. The fraction of sp³-hybridized carbons (Fsp3) is 0.714. The van der Waals surface area contributed by atoms with Gasteiger partial charge in [0.05, 0.1) is 17.1 Å². The summed E-state index contributed by atoms with van der Waals surface area (Å²) in [5.41, 5.74) is -0.448. The van der Waals surface area contributed by atoms with E-state index in [2.05, 4.69) is 15.2 Å². The Morgan fingerprint density at radius 2 is 2.15 bits per heavy atom. The lowest BCUT2D eigenvalue weighted by atomic mass is 9.99. The van der Waals surface area contributed by atoms with Gasteiger partial charge in [0.15, 0.2) is 0 Å². The fourth-order valence-corrected chi connectivity index (χ4v) is 3.46. The standard InChI is InChI=1S/C14H24N4OS/c1-11-16-9-12(20-11)10-17(4)13(19)14(2,3)18-7-5-15-6-8-18/h9,15H,5-8,10H2,1-4H3. The summed E-state index contributed by atoms with van der Waals surface area (Å²) in [5.74, 6) is 0.172. The Bertz CT molecular complexity index is 465. The second kappa shape index (κ2) is 6.20. The molecule has 0 bridgehead atoms. The number of carbonyl (C=O) groups excluding carboxylic acids is 1. The lowest BCUT2D eigenvalue weighted by Gasteiger charge is -2.41. The molecule has 1 amide bonds. The van der Waals surface area contributed by atoms with Crippen LogP contribution in [-0.2, 0) is 11.3 Å². The summed E-state index contributed by atoms with van der Waals surface area (Å²) >= 11 is 1.65. The second-order valence-electron chi connectivity index (χ2n) is 5.80. The molecule has 1 aliphatic heterocycles. The Morgan fingerprint density at radius 1 is 1.50 bits per heavy atom. The molecule has 20 heavy (non-hydrogen) atoms. The van der Waals surface area contributed by atoms with E-state index in [0.717, 1.165) is 36.1 Å². The molecule has 112 valence electrons. The van der Waals surface area contributed by atoms with Crippen LogP contribution < -0.4 is 5.32 Å². The van der Waals surface area contributed by atoms with E-state index in [4.69, 9.17) is 0 Å². The van der Waals surface area contributed by atoms with Crippen molar-refractivity contribution in [2.75, 3.05) is 33.2 Å². The van der Waals surface area contributed by atoms with Gasteiger partial charge in [0.25, 0.3) is 0 Å². The Hall–Kier alpha value is -0.980. The summed E-state index contributed by atoms with van der Waals surface area (Å²) < 4.78 is 0. The first kappa shape index (κ1) is 15.4. The molecule has 5 nitrogen and oxygen atoms in total. The number of aryl methyl sites for hydroxylation is 1. The topological polar surface area (TPSA) is 48.5 Å².